The molecule has 2 aromatic carbocycles. The molecular weight excluding hydrogens is 382 g/mol. The number of carbonyl (C=O) groups is 1. The molecule has 0 spiro atoms. The lowest BCUT2D eigenvalue weighted by Crippen LogP contribution is -2.26. The minimum Gasteiger partial charge on any atom is -0.356 e. The monoisotopic (exact) mass is 403 g/mol. The highest BCUT2D eigenvalue weighted by atomic mass is 16.5. The summed E-state index contributed by atoms with van der Waals surface area (Å²) in [7, 11) is 0. The minimum atomic E-state index is -0.0999. The summed E-state index contributed by atoms with van der Waals surface area (Å²) < 4.78 is 10.5. The molecule has 4 rings (SSSR count). The van der Waals surface area contributed by atoms with E-state index in [1.807, 2.05) is 61.5 Å². The maximum absolute atomic E-state index is 12.1. The van der Waals surface area contributed by atoms with Crippen molar-refractivity contribution in [2.45, 2.75) is 26.2 Å². The highest BCUT2D eigenvalue weighted by molar-refractivity contribution is 5.76. The standard InChI is InChI=1S/C22H21N5O3/c1-15-6-5-9-17(14-15)21-25-20(29-27-21)11-10-19(28)23-13-12-18-24-22(30-26-18)16-7-3-2-4-8-16/h2-9,14H,10-13H2,1H3,(H,23,28). The molecule has 1 amide bonds. The van der Waals surface area contributed by atoms with Crippen LogP contribution < -0.4 is 5.32 Å². The molecule has 4 aromatic rings. The van der Waals surface area contributed by atoms with E-state index in [0.29, 0.717) is 42.8 Å². The first-order chi connectivity index (χ1) is 14.7. The minimum absolute atomic E-state index is 0.0999. The highest BCUT2D eigenvalue weighted by Crippen LogP contribution is 2.18. The molecule has 152 valence electrons. The van der Waals surface area contributed by atoms with E-state index in [2.05, 4.69) is 25.6 Å². The number of aryl methyl sites for hydroxylation is 2. The maximum Gasteiger partial charge on any atom is 0.257 e. The molecule has 0 unspecified atom stereocenters. The first-order valence-corrected chi connectivity index (χ1v) is 9.72. The second-order valence-electron chi connectivity index (χ2n) is 6.86. The van der Waals surface area contributed by atoms with Crippen LogP contribution in [-0.4, -0.2) is 32.7 Å². The third kappa shape index (κ3) is 4.96. The Morgan fingerprint density at radius 3 is 2.60 bits per heavy atom. The summed E-state index contributed by atoms with van der Waals surface area (Å²) in [6, 6.07) is 17.4. The van der Waals surface area contributed by atoms with Crippen LogP contribution in [0.1, 0.15) is 23.7 Å². The third-order valence-corrected chi connectivity index (χ3v) is 4.47. The van der Waals surface area contributed by atoms with Gasteiger partial charge >= 0.3 is 0 Å². The summed E-state index contributed by atoms with van der Waals surface area (Å²) >= 11 is 0. The Labute approximate surface area is 173 Å². The number of amides is 1. The molecule has 0 fully saturated rings. The second-order valence-corrected chi connectivity index (χ2v) is 6.86. The van der Waals surface area contributed by atoms with Crippen LogP contribution in [0.25, 0.3) is 22.8 Å². The number of hydrogen-bond acceptors (Lipinski definition) is 7. The van der Waals surface area contributed by atoms with E-state index in [0.717, 1.165) is 16.7 Å². The van der Waals surface area contributed by atoms with Crippen molar-refractivity contribution < 1.29 is 13.8 Å². The van der Waals surface area contributed by atoms with Crippen LogP contribution in [-0.2, 0) is 17.6 Å². The van der Waals surface area contributed by atoms with Crippen LogP contribution in [0.15, 0.2) is 63.6 Å². The summed E-state index contributed by atoms with van der Waals surface area (Å²) in [5.41, 5.74) is 2.88. The number of carbonyl (C=O) groups excluding carboxylic acids is 1. The van der Waals surface area contributed by atoms with Gasteiger partial charge in [-0.2, -0.15) is 9.97 Å². The normalized spacial score (nSPS) is 10.8. The first-order valence-electron chi connectivity index (χ1n) is 9.72. The highest BCUT2D eigenvalue weighted by Gasteiger charge is 2.12. The Bertz CT molecular complexity index is 1120. The Balaban J connectivity index is 1.22. The third-order valence-electron chi connectivity index (χ3n) is 4.47. The number of nitrogens with zero attached hydrogens (tertiary/aromatic N) is 4. The van der Waals surface area contributed by atoms with Crippen LogP contribution in [0.3, 0.4) is 0 Å². The van der Waals surface area contributed by atoms with Gasteiger partial charge in [-0.25, -0.2) is 0 Å². The SMILES string of the molecule is Cc1cccc(-c2noc(CCC(=O)NCCc3noc(-c4ccccc4)n3)n2)c1. The molecule has 1 N–H and O–H groups in total. The number of hydrogen-bond donors (Lipinski definition) is 1. The molecule has 30 heavy (non-hydrogen) atoms. The van der Waals surface area contributed by atoms with Gasteiger partial charge in [0.1, 0.15) is 0 Å². The topological polar surface area (TPSA) is 107 Å². The first kappa shape index (κ1) is 19.5. The quantitative estimate of drug-likeness (QED) is 0.480. The Morgan fingerprint density at radius 2 is 1.77 bits per heavy atom. The summed E-state index contributed by atoms with van der Waals surface area (Å²) in [4.78, 5) is 20.8. The van der Waals surface area contributed by atoms with Gasteiger partial charge in [-0.1, -0.05) is 52.3 Å². The van der Waals surface area contributed by atoms with Crippen LogP contribution in [0.2, 0.25) is 0 Å². The summed E-state index contributed by atoms with van der Waals surface area (Å²) in [5, 5.41) is 10.8. The molecule has 8 heteroatoms. The molecule has 2 aromatic heterocycles. The van der Waals surface area contributed by atoms with Crippen molar-refractivity contribution in [2.75, 3.05) is 6.54 Å². The average molecular weight is 403 g/mol. The van der Waals surface area contributed by atoms with Gasteiger partial charge in [0, 0.05) is 36.9 Å². The number of benzene rings is 2. The lowest BCUT2D eigenvalue weighted by atomic mass is 10.1. The van der Waals surface area contributed by atoms with E-state index in [1.165, 1.54) is 0 Å². The molecule has 0 aliphatic heterocycles. The van der Waals surface area contributed by atoms with Crippen molar-refractivity contribution in [3.05, 3.63) is 71.9 Å². The lowest BCUT2D eigenvalue weighted by molar-refractivity contribution is -0.121. The van der Waals surface area contributed by atoms with Gasteiger partial charge < -0.3 is 14.4 Å². The van der Waals surface area contributed by atoms with Gasteiger partial charge in [0.05, 0.1) is 0 Å². The fourth-order valence-corrected chi connectivity index (χ4v) is 2.93. The zero-order valence-corrected chi connectivity index (χ0v) is 16.5. The smallest absolute Gasteiger partial charge is 0.257 e. The summed E-state index contributed by atoms with van der Waals surface area (Å²) in [6.07, 6.45) is 1.13. The zero-order chi connectivity index (χ0) is 20.8. The van der Waals surface area contributed by atoms with Crippen molar-refractivity contribution in [1.29, 1.82) is 0 Å². The molecule has 0 aliphatic rings. The average Bonchev–Trinajstić information content (AvgIpc) is 3.43. The molecule has 2 heterocycles. The van der Waals surface area contributed by atoms with Crippen LogP contribution >= 0.6 is 0 Å². The number of aromatic nitrogens is 4. The van der Waals surface area contributed by atoms with Crippen LogP contribution in [0.4, 0.5) is 0 Å². The Kier molecular flexibility index (Phi) is 5.93. The van der Waals surface area contributed by atoms with Gasteiger partial charge in [-0.3, -0.25) is 4.79 Å². The lowest BCUT2D eigenvalue weighted by Gasteiger charge is -2.01. The largest absolute Gasteiger partial charge is 0.356 e. The number of nitrogens with one attached hydrogen (secondary N) is 1. The molecule has 0 aliphatic carbocycles. The molecule has 0 bridgehead atoms. The van der Waals surface area contributed by atoms with E-state index >= 15 is 0 Å². The van der Waals surface area contributed by atoms with E-state index in [-0.39, 0.29) is 12.3 Å². The molecule has 0 atom stereocenters. The van der Waals surface area contributed by atoms with Crippen molar-refractivity contribution in [1.82, 2.24) is 25.6 Å². The van der Waals surface area contributed by atoms with E-state index in [9.17, 15) is 4.79 Å². The molecule has 8 nitrogen and oxygen atoms in total. The molecule has 0 saturated heterocycles. The fraction of sp³-hybridized carbons (Fsp3) is 0.227. The van der Waals surface area contributed by atoms with Crippen LogP contribution in [0.5, 0.6) is 0 Å². The van der Waals surface area contributed by atoms with E-state index in [1.54, 1.807) is 0 Å². The molecular formula is C22H21N5O3. The van der Waals surface area contributed by atoms with Gasteiger partial charge in [0.25, 0.3) is 5.89 Å². The Hall–Kier alpha value is -3.81. The summed E-state index contributed by atoms with van der Waals surface area (Å²) in [5.74, 6) is 1.89. The summed E-state index contributed by atoms with van der Waals surface area (Å²) in [6.45, 7) is 2.43. The van der Waals surface area contributed by atoms with Gasteiger partial charge in [0.2, 0.25) is 17.6 Å². The van der Waals surface area contributed by atoms with Gasteiger partial charge in [0.15, 0.2) is 5.82 Å². The predicted molar refractivity (Wildman–Crippen MR) is 109 cm³/mol. The zero-order valence-electron chi connectivity index (χ0n) is 16.5. The van der Waals surface area contributed by atoms with E-state index in [4.69, 9.17) is 9.05 Å². The molecule has 0 saturated carbocycles. The maximum atomic E-state index is 12.1. The van der Waals surface area contributed by atoms with Crippen molar-refractivity contribution in [3.63, 3.8) is 0 Å². The van der Waals surface area contributed by atoms with Crippen LogP contribution in [0, 0.1) is 6.92 Å². The van der Waals surface area contributed by atoms with E-state index < -0.39 is 0 Å². The number of rotatable bonds is 8. The predicted octanol–water partition coefficient (Wildman–Crippen LogP) is 3.39. The van der Waals surface area contributed by atoms with Crippen molar-refractivity contribution in [2.24, 2.45) is 0 Å². The van der Waals surface area contributed by atoms with Gasteiger partial charge in [-0.05, 0) is 25.1 Å². The van der Waals surface area contributed by atoms with Crippen molar-refractivity contribution in [3.8, 4) is 22.8 Å². The fourth-order valence-electron chi connectivity index (χ4n) is 2.93. The Morgan fingerprint density at radius 1 is 0.933 bits per heavy atom. The molecule has 0 radical (unpaired) electrons. The van der Waals surface area contributed by atoms with Gasteiger partial charge in [-0.15, -0.1) is 0 Å². The van der Waals surface area contributed by atoms with Crippen molar-refractivity contribution >= 4 is 5.91 Å². The second kappa shape index (κ2) is 9.13.